The van der Waals surface area contributed by atoms with Crippen LogP contribution in [0.1, 0.15) is 34.6 Å². The van der Waals surface area contributed by atoms with Crippen molar-refractivity contribution >= 4 is 0 Å². The van der Waals surface area contributed by atoms with Gasteiger partial charge in [-0.3, -0.25) is 0 Å². The van der Waals surface area contributed by atoms with Crippen molar-refractivity contribution in [1.82, 2.24) is 4.90 Å². The molecule has 0 amide bonds. The Labute approximate surface area is 95.0 Å². The zero-order valence-corrected chi connectivity index (χ0v) is 11.3. The van der Waals surface area contributed by atoms with E-state index in [1.165, 1.54) is 0 Å². The number of hydrogen-bond donors (Lipinski definition) is 1. The molecule has 0 aliphatic carbocycles. The van der Waals surface area contributed by atoms with Gasteiger partial charge in [0.15, 0.2) is 0 Å². The molecule has 0 aliphatic heterocycles. The van der Waals surface area contributed by atoms with Crippen molar-refractivity contribution in [3.8, 4) is 0 Å². The molecular weight excluding hydrogens is 188 g/mol. The van der Waals surface area contributed by atoms with Gasteiger partial charge in [0, 0.05) is 25.2 Å². The van der Waals surface area contributed by atoms with E-state index >= 15 is 0 Å². The van der Waals surface area contributed by atoms with Gasteiger partial charge in [0.2, 0.25) is 0 Å². The maximum Gasteiger partial charge on any atom is 0.0593 e. The summed E-state index contributed by atoms with van der Waals surface area (Å²) in [5.41, 5.74) is 6.10. The topological polar surface area (TPSA) is 38.5 Å². The van der Waals surface area contributed by atoms with Gasteiger partial charge >= 0.3 is 0 Å². The van der Waals surface area contributed by atoms with Crippen LogP contribution in [0.5, 0.6) is 0 Å². The van der Waals surface area contributed by atoms with Crippen LogP contribution in [0.3, 0.4) is 0 Å². The zero-order valence-electron chi connectivity index (χ0n) is 11.3. The lowest BCUT2D eigenvalue weighted by Crippen LogP contribution is -2.52. The van der Waals surface area contributed by atoms with Crippen molar-refractivity contribution in [3.63, 3.8) is 0 Å². The summed E-state index contributed by atoms with van der Waals surface area (Å²) in [6.45, 7) is 14.2. The molecule has 0 unspecified atom stereocenters. The van der Waals surface area contributed by atoms with E-state index in [0.717, 1.165) is 26.3 Å². The Morgan fingerprint density at radius 2 is 1.73 bits per heavy atom. The van der Waals surface area contributed by atoms with Crippen molar-refractivity contribution < 1.29 is 4.74 Å². The second kappa shape index (κ2) is 5.83. The molecule has 0 aromatic rings. The van der Waals surface area contributed by atoms with Gasteiger partial charge in [-0.05, 0) is 33.2 Å². The maximum atomic E-state index is 6.16. The van der Waals surface area contributed by atoms with E-state index in [-0.39, 0.29) is 11.0 Å². The Kier molecular flexibility index (Phi) is 5.78. The smallest absolute Gasteiger partial charge is 0.0593 e. The van der Waals surface area contributed by atoms with E-state index in [2.05, 4.69) is 39.6 Å². The fourth-order valence-electron chi connectivity index (χ4n) is 1.32. The first kappa shape index (κ1) is 14.9. The normalized spacial score (nSPS) is 13.6. The number of likely N-dealkylation sites (N-methyl/N-ethyl adjacent to an activating group) is 1. The lowest BCUT2D eigenvalue weighted by molar-refractivity contribution is 0.0867. The number of ether oxygens (including phenoxy) is 1. The SMILES string of the molecule is CCOCCN(C)CC(C)(C)C(C)(C)N. The first-order valence-corrected chi connectivity index (χ1v) is 5.76. The first-order chi connectivity index (χ1) is 6.70. The van der Waals surface area contributed by atoms with Crippen LogP contribution in [-0.2, 0) is 4.74 Å². The molecule has 0 fully saturated rings. The van der Waals surface area contributed by atoms with Gasteiger partial charge in [0.05, 0.1) is 6.61 Å². The highest BCUT2D eigenvalue weighted by Crippen LogP contribution is 2.28. The van der Waals surface area contributed by atoms with E-state index in [1.54, 1.807) is 0 Å². The fraction of sp³-hybridized carbons (Fsp3) is 1.00. The molecule has 92 valence electrons. The number of nitrogens with two attached hydrogens (primary N) is 1. The Hall–Kier alpha value is -0.120. The Morgan fingerprint density at radius 3 is 2.13 bits per heavy atom. The summed E-state index contributed by atoms with van der Waals surface area (Å²) in [6, 6.07) is 0. The van der Waals surface area contributed by atoms with E-state index in [1.807, 2.05) is 6.92 Å². The molecular formula is C12H28N2O. The largest absolute Gasteiger partial charge is 0.380 e. The maximum absolute atomic E-state index is 6.16. The molecule has 3 heteroatoms. The minimum atomic E-state index is -0.160. The van der Waals surface area contributed by atoms with Crippen LogP contribution >= 0.6 is 0 Å². The summed E-state index contributed by atoms with van der Waals surface area (Å²) < 4.78 is 5.33. The fourth-order valence-corrected chi connectivity index (χ4v) is 1.32. The monoisotopic (exact) mass is 216 g/mol. The summed E-state index contributed by atoms with van der Waals surface area (Å²) in [4.78, 5) is 2.28. The molecule has 0 rings (SSSR count). The van der Waals surface area contributed by atoms with Crippen LogP contribution in [0.15, 0.2) is 0 Å². The lowest BCUT2D eigenvalue weighted by Gasteiger charge is -2.41. The van der Waals surface area contributed by atoms with E-state index < -0.39 is 0 Å². The molecule has 0 saturated heterocycles. The molecule has 15 heavy (non-hydrogen) atoms. The third-order valence-corrected chi connectivity index (χ3v) is 3.23. The van der Waals surface area contributed by atoms with E-state index in [4.69, 9.17) is 10.5 Å². The first-order valence-electron chi connectivity index (χ1n) is 5.76. The molecule has 0 radical (unpaired) electrons. The quantitative estimate of drug-likeness (QED) is 0.659. The van der Waals surface area contributed by atoms with E-state index in [0.29, 0.717) is 0 Å². The third kappa shape index (κ3) is 5.50. The van der Waals surface area contributed by atoms with Crippen molar-refractivity contribution in [2.24, 2.45) is 11.1 Å². The van der Waals surface area contributed by atoms with Crippen LogP contribution < -0.4 is 5.73 Å². The highest BCUT2D eigenvalue weighted by molar-refractivity contribution is 4.91. The van der Waals surface area contributed by atoms with Gasteiger partial charge in [-0.1, -0.05) is 13.8 Å². The molecule has 0 bridgehead atoms. The molecule has 0 atom stereocenters. The van der Waals surface area contributed by atoms with Crippen LogP contribution in [0.25, 0.3) is 0 Å². The molecule has 0 spiro atoms. The molecule has 3 nitrogen and oxygen atoms in total. The Balaban J connectivity index is 3.99. The predicted molar refractivity (Wildman–Crippen MR) is 66.0 cm³/mol. The molecule has 0 aromatic heterocycles. The van der Waals surface area contributed by atoms with Crippen molar-refractivity contribution in [2.75, 3.05) is 33.4 Å². The molecule has 0 aliphatic rings. The van der Waals surface area contributed by atoms with Gasteiger partial charge in [-0.15, -0.1) is 0 Å². The van der Waals surface area contributed by atoms with E-state index in [9.17, 15) is 0 Å². The third-order valence-electron chi connectivity index (χ3n) is 3.23. The standard InChI is InChI=1S/C12H28N2O/c1-7-15-9-8-14(6)10-11(2,3)12(4,5)13/h7-10,13H2,1-6H3. The second-order valence-electron chi connectivity index (χ2n) is 5.54. The lowest BCUT2D eigenvalue weighted by atomic mass is 9.75. The zero-order chi connectivity index (χ0) is 12.1. The van der Waals surface area contributed by atoms with Crippen molar-refractivity contribution in [2.45, 2.75) is 40.2 Å². The van der Waals surface area contributed by atoms with Crippen LogP contribution in [-0.4, -0.2) is 43.8 Å². The minimum absolute atomic E-state index is 0.105. The molecule has 0 aromatic carbocycles. The summed E-state index contributed by atoms with van der Waals surface area (Å²) >= 11 is 0. The van der Waals surface area contributed by atoms with Crippen LogP contribution in [0, 0.1) is 5.41 Å². The van der Waals surface area contributed by atoms with Crippen molar-refractivity contribution in [1.29, 1.82) is 0 Å². The molecule has 0 heterocycles. The Bertz CT molecular complexity index is 173. The molecule has 0 saturated carbocycles. The average Bonchev–Trinajstić information content (AvgIpc) is 2.01. The Morgan fingerprint density at radius 1 is 1.20 bits per heavy atom. The van der Waals surface area contributed by atoms with Gasteiger partial charge < -0.3 is 15.4 Å². The van der Waals surface area contributed by atoms with Crippen molar-refractivity contribution in [3.05, 3.63) is 0 Å². The number of nitrogens with zero attached hydrogens (tertiary/aromatic N) is 1. The summed E-state index contributed by atoms with van der Waals surface area (Å²) in [5, 5.41) is 0. The minimum Gasteiger partial charge on any atom is -0.380 e. The summed E-state index contributed by atoms with van der Waals surface area (Å²) in [7, 11) is 2.12. The van der Waals surface area contributed by atoms with Gasteiger partial charge in [0.25, 0.3) is 0 Å². The number of hydrogen-bond acceptors (Lipinski definition) is 3. The van der Waals surface area contributed by atoms with Crippen LogP contribution in [0.2, 0.25) is 0 Å². The summed E-state index contributed by atoms with van der Waals surface area (Å²) in [5.74, 6) is 0. The summed E-state index contributed by atoms with van der Waals surface area (Å²) in [6.07, 6.45) is 0. The number of rotatable bonds is 7. The second-order valence-corrected chi connectivity index (χ2v) is 5.54. The highest BCUT2D eigenvalue weighted by atomic mass is 16.5. The molecule has 2 N–H and O–H groups in total. The van der Waals surface area contributed by atoms with Gasteiger partial charge in [-0.2, -0.15) is 0 Å². The van der Waals surface area contributed by atoms with Gasteiger partial charge in [0.1, 0.15) is 0 Å². The van der Waals surface area contributed by atoms with Gasteiger partial charge in [-0.25, -0.2) is 0 Å². The van der Waals surface area contributed by atoms with Crippen LogP contribution in [0.4, 0.5) is 0 Å². The highest BCUT2D eigenvalue weighted by Gasteiger charge is 2.34. The average molecular weight is 216 g/mol. The predicted octanol–water partition coefficient (Wildman–Crippen LogP) is 1.72.